The fourth-order valence-corrected chi connectivity index (χ4v) is 5.35. The van der Waals surface area contributed by atoms with Gasteiger partial charge in [-0.3, -0.25) is 0 Å². The molecule has 0 unspecified atom stereocenters. The van der Waals surface area contributed by atoms with Crippen molar-refractivity contribution in [3.05, 3.63) is 87.7 Å². The summed E-state index contributed by atoms with van der Waals surface area (Å²) in [7, 11) is 0. The third kappa shape index (κ3) is 4.62. The quantitative estimate of drug-likeness (QED) is 0.324. The minimum absolute atomic E-state index is 0.0333. The lowest BCUT2D eigenvalue weighted by Gasteiger charge is -2.33. The first-order chi connectivity index (χ1) is 16.8. The smallest absolute Gasteiger partial charge is 0.173 e. The van der Waals surface area contributed by atoms with Gasteiger partial charge >= 0.3 is 0 Å². The topological polar surface area (TPSA) is 89.6 Å². The summed E-state index contributed by atoms with van der Waals surface area (Å²) in [6, 6.07) is 10.9. The van der Waals surface area contributed by atoms with Crippen LogP contribution in [0.2, 0.25) is 0 Å². The first-order valence-electron chi connectivity index (χ1n) is 10.7. The summed E-state index contributed by atoms with van der Waals surface area (Å²) < 4.78 is 34.2. The molecule has 0 radical (unpaired) electrons. The number of thiazole rings is 1. The van der Waals surface area contributed by atoms with Gasteiger partial charge in [-0.05, 0) is 24.5 Å². The van der Waals surface area contributed by atoms with Crippen molar-refractivity contribution < 1.29 is 13.9 Å². The van der Waals surface area contributed by atoms with Crippen LogP contribution in [0.3, 0.4) is 0 Å². The van der Waals surface area contributed by atoms with E-state index in [2.05, 4.69) is 19.4 Å². The molecule has 0 aliphatic carbocycles. The highest BCUT2D eigenvalue weighted by molar-refractivity contribution is 7.10. The Balaban J connectivity index is 1.47. The Labute approximate surface area is 208 Å². The van der Waals surface area contributed by atoms with Crippen molar-refractivity contribution >= 4 is 22.9 Å². The van der Waals surface area contributed by atoms with E-state index in [1.165, 1.54) is 46.3 Å². The molecule has 35 heavy (non-hydrogen) atoms. The fourth-order valence-electron chi connectivity index (χ4n) is 3.89. The second-order valence-corrected chi connectivity index (χ2v) is 9.99. The Hall–Kier alpha value is -3.41. The maximum atomic E-state index is 14.8. The zero-order valence-electron chi connectivity index (χ0n) is 18.8. The summed E-state index contributed by atoms with van der Waals surface area (Å²) in [6.07, 6.45) is 2.77. The van der Waals surface area contributed by atoms with Gasteiger partial charge in [0.1, 0.15) is 34.9 Å². The molecule has 0 fully saturated rings. The van der Waals surface area contributed by atoms with Crippen LogP contribution < -0.4 is 0 Å². The Morgan fingerprint density at radius 2 is 1.86 bits per heavy atom. The van der Waals surface area contributed by atoms with Gasteiger partial charge in [0.05, 0.1) is 17.2 Å². The molecule has 2 aromatic carbocycles. The van der Waals surface area contributed by atoms with E-state index in [4.69, 9.17) is 4.98 Å². The van der Waals surface area contributed by atoms with E-state index in [9.17, 15) is 13.9 Å². The van der Waals surface area contributed by atoms with Crippen LogP contribution in [0, 0.1) is 18.6 Å². The molecule has 0 spiro atoms. The van der Waals surface area contributed by atoms with Crippen LogP contribution in [-0.2, 0) is 12.1 Å². The lowest BCUT2D eigenvalue weighted by molar-refractivity contribution is -0.0112. The minimum atomic E-state index is -1.75. The van der Waals surface area contributed by atoms with Gasteiger partial charge in [-0.25, -0.2) is 28.4 Å². The Morgan fingerprint density at radius 3 is 2.51 bits per heavy atom. The molecule has 0 amide bonds. The van der Waals surface area contributed by atoms with Crippen LogP contribution in [0.15, 0.2) is 60.5 Å². The molecular weight excluding hydrogens is 490 g/mol. The van der Waals surface area contributed by atoms with E-state index in [0.717, 1.165) is 34.0 Å². The first-order valence-corrected chi connectivity index (χ1v) is 12.4. The SMILES string of the molecule is Cc1nc(-c2ccc(-c3csc([C@H](C)[C@](O)(Cn4cncn4)c4ccc(F)cc4F)n3)cc2)ns1. The monoisotopic (exact) mass is 510 g/mol. The zero-order valence-corrected chi connectivity index (χ0v) is 20.4. The molecule has 0 aliphatic heterocycles. The van der Waals surface area contributed by atoms with Crippen molar-refractivity contribution in [2.75, 3.05) is 0 Å². The van der Waals surface area contributed by atoms with Crippen molar-refractivity contribution in [1.29, 1.82) is 0 Å². The molecule has 0 saturated heterocycles. The van der Waals surface area contributed by atoms with Crippen molar-refractivity contribution in [2.45, 2.75) is 31.9 Å². The Morgan fingerprint density at radius 1 is 1.09 bits per heavy atom. The van der Waals surface area contributed by atoms with E-state index in [-0.39, 0.29) is 12.1 Å². The van der Waals surface area contributed by atoms with Gasteiger partial charge in [0.25, 0.3) is 0 Å². The minimum Gasteiger partial charge on any atom is -0.382 e. The van der Waals surface area contributed by atoms with Gasteiger partial charge in [-0.2, -0.15) is 9.47 Å². The van der Waals surface area contributed by atoms with Crippen molar-refractivity contribution in [3.63, 3.8) is 0 Å². The molecule has 0 saturated carbocycles. The predicted octanol–water partition coefficient (Wildman–Crippen LogP) is 5.20. The molecule has 2 atom stereocenters. The van der Waals surface area contributed by atoms with E-state index in [0.29, 0.717) is 10.8 Å². The van der Waals surface area contributed by atoms with Crippen molar-refractivity contribution in [1.82, 2.24) is 29.1 Å². The van der Waals surface area contributed by atoms with Crippen LogP contribution in [0.5, 0.6) is 0 Å². The molecule has 0 bridgehead atoms. The number of halogens is 2. The number of aliphatic hydroxyl groups is 1. The van der Waals surface area contributed by atoms with Gasteiger partial charge < -0.3 is 5.11 Å². The van der Waals surface area contributed by atoms with Crippen LogP contribution >= 0.6 is 22.9 Å². The van der Waals surface area contributed by atoms with Gasteiger partial charge in [0, 0.05) is 34.1 Å². The molecule has 0 aliphatic rings. The number of hydrogen-bond acceptors (Lipinski definition) is 8. The lowest BCUT2D eigenvalue weighted by atomic mass is 9.82. The normalized spacial score (nSPS) is 14.1. The number of nitrogens with zero attached hydrogens (tertiary/aromatic N) is 6. The second-order valence-electron chi connectivity index (χ2n) is 8.15. The van der Waals surface area contributed by atoms with E-state index in [1.54, 1.807) is 6.92 Å². The van der Waals surface area contributed by atoms with Crippen LogP contribution in [-0.4, -0.2) is 34.2 Å². The highest BCUT2D eigenvalue weighted by Gasteiger charge is 2.41. The summed E-state index contributed by atoms with van der Waals surface area (Å²) in [4.78, 5) is 13.1. The molecular formula is C24H20F2N6OS2. The molecule has 7 nitrogen and oxygen atoms in total. The zero-order chi connectivity index (χ0) is 24.6. The van der Waals surface area contributed by atoms with E-state index >= 15 is 0 Å². The third-order valence-electron chi connectivity index (χ3n) is 5.84. The third-order valence-corrected chi connectivity index (χ3v) is 7.49. The molecule has 3 aromatic heterocycles. The van der Waals surface area contributed by atoms with Crippen molar-refractivity contribution in [2.24, 2.45) is 0 Å². The fraction of sp³-hybridized carbons (Fsp3) is 0.208. The van der Waals surface area contributed by atoms with Gasteiger partial charge in [-0.15, -0.1) is 11.3 Å². The van der Waals surface area contributed by atoms with Gasteiger partial charge in [-0.1, -0.05) is 37.3 Å². The number of rotatable bonds is 7. The van der Waals surface area contributed by atoms with Crippen molar-refractivity contribution in [3.8, 4) is 22.6 Å². The van der Waals surface area contributed by atoms with E-state index < -0.39 is 23.2 Å². The van der Waals surface area contributed by atoms with Crippen LogP contribution in [0.4, 0.5) is 8.78 Å². The Kier molecular flexibility index (Phi) is 6.22. The number of aromatic nitrogens is 6. The number of benzene rings is 2. The highest BCUT2D eigenvalue weighted by Crippen LogP contribution is 2.41. The summed E-state index contributed by atoms with van der Waals surface area (Å²) in [5.74, 6) is -1.50. The largest absolute Gasteiger partial charge is 0.382 e. The lowest BCUT2D eigenvalue weighted by Crippen LogP contribution is -2.38. The molecule has 11 heteroatoms. The first kappa shape index (κ1) is 23.3. The molecule has 3 heterocycles. The molecule has 1 N–H and O–H groups in total. The Bertz CT molecular complexity index is 1450. The van der Waals surface area contributed by atoms with Crippen LogP contribution in [0.25, 0.3) is 22.6 Å². The van der Waals surface area contributed by atoms with E-state index in [1.807, 2.05) is 36.6 Å². The molecule has 178 valence electrons. The second kappa shape index (κ2) is 9.33. The average Bonchev–Trinajstić information content (AvgIpc) is 3.61. The summed E-state index contributed by atoms with van der Waals surface area (Å²) in [6.45, 7) is 3.59. The molecule has 5 aromatic rings. The summed E-state index contributed by atoms with van der Waals surface area (Å²) in [5, 5.41) is 19.3. The van der Waals surface area contributed by atoms with Gasteiger partial charge in [0.15, 0.2) is 5.82 Å². The summed E-state index contributed by atoms with van der Waals surface area (Å²) >= 11 is 2.72. The number of aryl methyl sites for hydroxylation is 1. The maximum absolute atomic E-state index is 14.8. The predicted molar refractivity (Wildman–Crippen MR) is 130 cm³/mol. The highest BCUT2D eigenvalue weighted by atomic mass is 32.1. The van der Waals surface area contributed by atoms with Crippen LogP contribution in [0.1, 0.15) is 28.4 Å². The van der Waals surface area contributed by atoms with Gasteiger partial charge in [0.2, 0.25) is 0 Å². The molecule has 5 rings (SSSR count). The summed E-state index contributed by atoms with van der Waals surface area (Å²) in [5.41, 5.74) is 0.750. The maximum Gasteiger partial charge on any atom is 0.173 e. The average molecular weight is 511 g/mol. The number of hydrogen-bond donors (Lipinski definition) is 1. The standard InChI is InChI=1S/C24H20F2N6OS2/c1-14(24(33,11-32-13-27-12-28-32)19-8-7-18(25)9-20(19)26)23-30-21(10-34-23)16-3-5-17(6-4-16)22-29-15(2)35-31-22/h3-10,12-14,33H,11H2,1-2H3/t14-,24+/m0/s1.